The molecule has 162 valence electrons. The minimum absolute atomic E-state index is 0.0572. The van der Waals surface area contributed by atoms with Gasteiger partial charge in [-0.05, 0) is 61.0 Å². The SMILES string of the molecule is COc1cc2ccccc2cc1C(=O)NN=Cc1cc(C)n(-c2ccc(F)c(Cl)c2)c1C. The Bertz CT molecular complexity index is 1360. The van der Waals surface area contributed by atoms with Gasteiger partial charge in [0.2, 0.25) is 0 Å². The van der Waals surface area contributed by atoms with Gasteiger partial charge in [0.05, 0.1) is 23.9 Å². The molecular formula is C25H21ClFN3O2. The van der Waals surface area contributed by atoms with Gasteiger partial charge in [-0.1, -0.05) is 35.9 Å². The molecule has 0 radical (unpaired) electrons. The molecule has 4 rings (SSSR count). The quantitative estimate of drug-likeness (QED) is 0.308. The molecule has 5 nitrogen and oxygen atoms in total. The second kappa shape index (κ2) is 8.85. The fraction of sp³-hybridized carbons (Fsp3) is 0.120. The molecular weight excluding hydrogens is 429 g/mol. The van der Waals surface area contributed by atoms with Crippen LogP contribution in [0.4, 0.5) is 4.39 Å². The summed E-state index contributed by atoms with van der Waals surface area (Å²) in [4.78, 5) is 12.7. The molecule has 0 saturated heterocycles. The van der Waals surface area contributed by atoms with Crippen molar-refractivity contribution in [3.05, 3.63) is 94.0 Å². The van der Waals surface area contributed by atoms with E-state index in [1.54, 1.807) is 24.4 Å². The number of hydrogen-bond acceptors (Lipinski definition) is 3. The van der Waals surface area contributed by atoms with Gasteiger partial charge >= 0.3 is 0 Å². The highest BCUT2D eigenvalue weighted by Crippen LogP contribution is 2.26. The van der Waals surface area contributed by atoms with Crippen LogP contribution in [0.25, 0.3) is 16.5 Å². The van der Waals surface area contributed by atoms with E-state index in [4.69, 9.17) is 16.3 Å². The van der Waals surface area contributed by atoms with Crippen LogP contribution in [0.2, 0.25) is 5.02 Å². The lowest BCUT2D eigenvalue weighted by Crippen LogP contribution is -2.18. The lowest BCUT2D eigenvalue weighted by atomic mass is 10.1. The molecule has 3 aromatic carbocycles. The molecule has 0 aliphatic rings. The monoisotopic (exact) mass is 449 g/mol. The number of amides is 1. The number of halogens is 2. The second-order valence-corrected chi connectivity index (χ2v) is 7.77. The molecule has 0 unspecified atom stereocenters. The molecule has 1 N–H and O–H groups in total. The number of carbonyl (C=O) groups excluding carboxylic acids is 1. The maximum atomic E-state index is 13.5. The zero-order chi connectivity index (χ0) is 22.8. The molecule has 1 aromatic heterocycles. The number of hydrogen-bond donors (Lipinski definition) is 1. The van der Waals surface area contributed by atoms with Gasteiger partial charge in [0.15, 0.2) is 0 Å². The molecule has 32 heavy (non-hydrogen) atoms. The van der Waals surface area contributed by atoms with Crippen molar-refractivity contribution in [3.63, 3.8) is 0 Å². The number of fused-ring (bicyclic) bond motifs is 1. The van der Waals surface area contributed by atoms with Gasteiger partial charge in [0.1, 0.15) is 11.6 Å². The summed E-state index contributed by atoms with van der Waals surface area (Å²) in [6, 6.07) is 17.9. The van der Waals surface area contributed by atoms with Crippen LogP contribution < -0.4 is 10.2 Å². The first kappa shape index (κ1) is 21.6. The van der Waals surface area contributed by atoms with Crippen molar-refractivity contribution in [2.75, 3.05) is 7.11 Å². The summed E-state index contributed by atoms with van der Waals surface area (Å²) in [5.74, 6) is -0.364. The lowest BCUT2D eigenvalue weighted by Gasteiger charge is -2.10. The van der Waals surface area contributed by atoms with Crippen LogP contribution in [0.3, 0.4) is 0 Å². The number of methoxy groups -OCH3 is 1. The summed E-state index contributed by atoms with van der Waals surface area (Å²) in [6.07, 6.45) is 1.58. The fourth-order valence-corrected chi connectivity index (χ4v) is 3.90. The fourth-order valence-electron chi connectivity index (χ4n) is 3.73. The van der Waals surface area contributed by atoms with E-state index in [1.165, 1.54) is 13.2 Å². The molecule has 0 spiro atoms. The number of benzene rings is 3. The van der Waals surface area contributed by atoms with E-state index in [0.717, 1.165) is 33.4 Å². The second-order valence-electron chi connectivity index (χ2n) is 7.36. The largest absolute Gasteiger partial charge is 0.496 e. The van der Waals surface area contributed by atoms with Gasteiger partial charge in [-0.3, -0.25) is 4.79 Å². The molecule has 0 aliphatic heterocycles. The Hall–Kier alpha value is -3.64. The number of aryl methyl sites for hydroxylation is 1. The molecule has 0 bridgehead atoms. The highest BCUT2D eigenvalue weighted by atomic mass is 35.5. The zero-order valence-electron chi connectivity index (χ0n) is 17.8. The van der Waals surface area contributed by atoms with E-state index < -0.39 is 5.82 Å². The Kier molecular flexibility index (Phi) is 5.97. The first-order chi connectivity index (χ1) is 15.4. The number of nitrogens with one attached hydrogen (secondary N) is 1. The van der Waals surface area contributed by atoms with E-state index >= 15 is 0 Å². The smallest absolute Gasteiger partial charge is 0.275 e. The highest BCUT2D eigenvalue weighted by molar-refractivity contribution is 6.30. The summed E-state index contributed by atoms with van der Waals surface area (Å²) in [6.45, 7) is 3.85. The van der Waals surface area contributed by atoms with E-state index in [0.29, 0.717) is 11.3 Å². The molecule has 0 aliphatic carbocycles. The van der Waals surface area contributed by atoms with Gasteiger partial charge in [-0.2, -0.15) is 5.10 Å². The van der Waals surface area contributed by atoms with Crippen LogP contribution in [0.1, 0.15) is 27.3 Å². The molecule has 7 heteroatoms. The minimum atomic E-state index is -0.466. The van der Waals surface area contributed by atoms with E-state index in [9.17, 15) is 9.18 Å². The van der Waals surface area contributed by atoms with E-state index in [-0.39, 0.29) is 10.9 Å². The van der Waals surface area contributed by atoms with Crippen molar-refractivity contribution in [1.82, 2.24) is 9.99 Å². The summed E-state index contributed by atoms with van der Waals surface area (Å²) in [7, 11) is 1.53. The molecule has 0 atom stereocenters. The van der Waals surface area contributed by atoms with Gasteiger partial charge in [0.25, 0.3) is 5.91 Å². The predicted octanol–water partition coefficient (Wildman–Crippen LogP) is 5.81. The first-order valence-corrected chi connectivity index (χ1v) is 10.3. The summed E-state index contributed by atoms with van der Waals surface area (Å²) >= 11 is 5.94. The summed E-state index contributed by atoms with van der Waals surface area (Å²) in [5, 5.41) is 6.11. The van der Waals surface area contributed by atoms with Crippen LogP contribution in [-0.4, -0.2) is 23.8 Å². The maximum Gasteiger partial charge on any atom is 0.275 e. The normalized spacial score (nSPS) is 11.3. The first-order valence-electron chi connectivity index (χ1n) is 9.93. The van der Waals surface area contributed by atoms with Crippen molar-refractivity contribution >= 4 is 34.5 Å². The van der Waals surface area contributed by atoms with Gasteiger partial charge in [-0.15, -0.1) is 0 Å². The number of carbonyl (C=O) groups is 1. The Balaban J connectivity index is 1.58. The van der Waals surface area contributed by atoms with Crippen LogP contribution in [-0.2, 0) is 0 Å². The van der Waals surface area contributed by atoms with E-state index in [1.807, 2.05) is 54.8 Å². The molecule has 1 heterocycles. The average molecular weight is 450 g/mol. The average Bonchev–Trinajstić information content (AvgIpc) is 3.07. The maximum absolute atomic E-state index is 13.5. The van der Waals surface area contributed by atoms with Gasteiger partial charge < -0.3 is 9.30 Å². The molecule has 4 aromatic rings. The molecule has 0 saturated carbocycles. The minimum Gasteiger partial charge on any atom is -0.496 e. The zero-order valence-corrected chi connectivity index (χ0v) is 18.6. The third kappa shape index (κ3) is 4.09. The number of rotatable bonds is 5. The lowest BCUT2D eigenvalue weighted by molar-refractivity contribution is 0.0952. The topological polar surface area (TPSA) is 55.6 Å². The van der Waals surface area contributed by atoms with Crippen molar-refractivity contribution in [2.45, 2.75) is 13.8 Å². The highest BCUT2D eigenvalue weighted by Gasteiger charge is 2.14. The van der Waals surface area contributed by atoms with Crippen LogP contribution >= 0.6 is 11.6 Å². The number of ether oxygens (including phenoxy) is 1. The predicted molar refractivity (Wildman–Crippen MR) is 126 cm³/mol. The van der Waals surface area contributed by atoms with Gasteiger partial charge in [0, 0.05) is 22.6 Å². The molecule has 1 amide bonds. The van der Waals surface area contributed by atoms with Crippen molar-refractivity contribution in [1.29, 1.82) is 0 Å². The standard InChI is InChI=1S/C25H21ClFN3O2/c1-15-10-19(16(2)30(15)20-8-9-23(27)22(26)13-20)14-28-29-25(31)21-11-17-6-4-5-7-18(17)12-24(21)32-3/h4-14H,1-3H3,(H,29,31). The number of aromatic nitrogens is 1. The van der Waals surface area contributed by atoms with Gasteiger partial charge in [-0.25, -0.2) is 9.82 Å². The molecule has 0 fully saturated rings. The van der Waals surface area contributed by atoms with Crippen LogP contribution in [0, 0.1) is 19.7 Å². The Morgan fingerprint density at radius 1 is 1.09 bits per heavy atom. The van der Waals surface area contributed by atoms with Crippen molar-refractivity contribution in [2.24, 2.45) is 5.10 Å². The number of nitrogens with zero attached hydrogens (tertiary/aromatic N) is 2. The number of hydrazone groups is 1. The third-order valence-electron chi connectivity index (χ3n) is 5.31. The van der Waals surface area contributed by atoms with E-state index in [2.05, 4.69) is 10.5 Å². The Morgan fingerprint density at radius 3 is 2.50 bits per heavy atom. The Morgan fingerprint density at radius 2 is 1.81 bits per heavy atom. The summed E-state index contributed by atoms with van der Waals surface area (Å²) in [5.41, 5.74) is 6.33. The Labute approximate surface area is 190 Å². The third-order valence-corrected chi connectivity index (χ3v) is 5.60. The van der Waals surface area contributed by atoms with Crippen LogP contribution in [0.15, 0.2) is 65.8 Å². The summed E-state index contributed by atoms with van der Waals surface area (Å²) < 4.78 is 20.9. The van der Waals surface area contributed by atoms with Crippen molar-refractivity contribution in [3.8, 4) is 11.4 Å². The van der Waals surface area contributed by atoms with Crippen LogP contribution in [0.5, 0.6) is 5.75 Å². The van der Waals surface area contributed by atoms with Crippen molar-refractivity contribution < 1.29 is 13.9 Å².